The summed E-state index contributed by atoms with van der Waals surface area (Å²) in [7, 11) is 0. The molecule has 2 aromatic rings. The lowest BCUT2D eigenvalue weighted by Crippen LogP contribution is -2.25. The van der Waals surface area contributed by atoms with Crippen molar-refractivity contribution in [1.82, 2.24) is 20.1 Å². The predicted octanol–water partition coefficient (Wildman–Crippen LogP) is 1.80. The molecule has 2 heterocycles. The summed E-state index contributed by atoms with van der Waals surface area (Å²) in [5, 5.41) is 7.00. The molecule has 0 spiro atoms. The Morgan fingerprint density at radius 1 is 1.43 bits per heavy atom. The van der Waals surface area contributed by atoms with Gasteiger partial charge in [0.1, 0.15) is 5.82 Å². The summed E-state index contributed by atoms with van der Waals surface area (Å²) in [5.74, 6) is 0.495. The number of nitrogens with zero attached hydrogens (tertiary/aromatic N) is 3. The maximum absolute atomic E-state index is 12.1. The summed E-state index contributed by atoms with van der Waals surface area (Å²) in [6.07, 6.45) is 4.47. The van der Waals surface area contributed by atoms with E-state index in [0.717, 1.165) is 18.7 Å². The zero-order valence-electron chi connectivity index (χ0n) is 12.4. The molecule has 0 saturated heterocycles. The first-order valence-corrected chi connectivity index (χ1v) is 7.09. The fraction of sp³-hybridized carbons (Fsp3) is 0.400. The van der Waals surface area contributed by atoms with Crippen molar-refractivity contribution in [2.24, 2.45) is 0 Å². The number of rotatable bonds is 6. The largest absolute Gasteiger partial charge is 0.384 e. The van der Waals surface area contributed by atoms with Crippen molar-refractivity contribution in [3.05, 3.63) is 41.9 Å². The Labute approximate surface area is 124 Å². The van der Waals surface area contributed by atoms with Crippen LogP contribution >= 0.6 is 0 Å². The fourth-order valence-corrected chi connectivity index (χ4v) is 1.98. The summed E-state index contributed by atoms with van der Waals surface area (Å²) in [5.41, 5.74) is 7.14. The number of aromatic nitrogens is 3. The van der Waals surface area contributed by atoms with Crippen LogP contribution < -0.4 is 11.1 Å². The smallest absolute Gasteiger partial charge is 0.251 e. The summed E-state index contributed by atoms with van der Waals surface area (Å²) in [6, 6.07) is 5.28. The van der Waals surface area contributed by atoms with E-state index in [0.29, 0.717) is 17.9 Å². The molecule has 1 amide bonds. The Morgan fingerprint density at radius 2 is 2.24 bits per heavy atom. The van der Waals surface area contributed by atoms with Gasteiger partial charge in [0.15, 0.2) is 0 Å². The van der Waals surface area contributed by atoms with E-state index in [-0.39, 0.29) is 11.8 Å². The Morgan fingerprint density at radius 3 is 2.90 bits per heavy atom. The van der Waals surface area contributed by atoms with Crippen LogP contribution in [0.2, 0.25) is 0 Å². The molecule has 2 aromatic heterocycles. The summed E-state index contributed by atoms with van der Waals surface area (Å²) >= 11 is 0. The van der Waals surface area contributed by atoms with E-state index < -0.39 is 0 Å². The molecule has 0 radical (unpaired) electrons. The molecule has 6 nitrogen and oxygen atoms in total. The van der Waals surface area contributed by atoms with Crippen molar-refractivity contribution in [3.63, 3.8) is 0 Å². The lowest BCUT2D eigenvalue weighted by atomic mass is 10.1. The molecule has 2 rings (SSSR count). The second kappa shape index (κ2) is 6.88. The van der Waals surface area contributed by atoms with Crippen LogP contribution in [-0.2, 0) is 6.54 Å². The van der Waals surface area contributed by atoms with Crippen LogP contribution in [-0.4, -0.2) is 27.2 Å². The van der Waals surface area contributed by atoms with Gasteiger partial charge in [0.2, 0.25) is 0 Å². The molecule has 0 bridgehead atoms. The number of nitrogens with one attached hydrogen (secondary N) is 1. The number of nitrogen functional groups attached to an aromatic ring is 1. The van der Waals surface area contributed by atoms with Crippen LogP contribution in [0, 0.1) is 0 Å². The molecule has 0 atom stereocenters. The molecule has 21 heavy (non-hydrogen) atoms. The van der Waals surface area contributed by atoms with Gasteiger partial charge >= 0.3 is 0 Å². The van der Waals surface area contributed by atoms with E-state index in [2.05, 4.69) is 15.4 Å². The van der Waals surface area contributed by atoms with Gasteiger partial charge in [-0.15, -0.1) is 0 Å². The third-order valence-electron chi connectivity index (χ3n) is 3.13. The normalized spacial score (nSPS) is 10.8. The number of anilines is 1. The van der Waals surface area contributed by atoms with Gasteiger partial charge in [-0.2, -0.15) is 5.10 Å². The molecule has 0 aliphatic rings. The van der Waals surface area contributed by atoms with E-state index in [1.807, 2.05) is 30.8 Å². The molecule has 112 valence electrons. The molecule has 0 saturated carbocycles. The second-order valence-corrected chi connectivity index (χ2v) is 5.24. The Balaban J connectivity index is 1.88. The number of carbonyl (C=O) groups excluding carboxylic acids is 1. The minimum absolute atomic E-state index is 0.119. The predicted molar refractivity (Wildman–Crippen MR) is 81.9 cm³/mol. The van der Waals surface area contributed by atoms with Gasteiger partial charge in [-0.1, -0.05) is 13.8 Å². The Kier molecular flexibility index (Phi) is 4.92. The first-order valence-electron chi connectivity index (χ1n) is 7.09. The molecule has 0 fully saturated rings. The standard InChI is InChI=1S/C15H21N5O/c1-11(2)13-9-12(10-14(16)19-13)15(21)17-5-3-7-20-8-4-6-18-20/h4,6,8-11H,3,5,7H2,1-2H3,(H2,16,19)(H,17,21). The maximum Gasteiger partial charge on any atom is 0.251 e. The fourth-order valence-electron chi connectivity index (χ4n) is 1.98. The second-order valence-electron chi connectivity index (χ2n) is 5.24. The molecular weight excluding hydrogens is 266 g/mol. The van der Waals surface area contributed by atoms with Crippen molar-refractivity contribution in [3.8, 4) is 0 Å². The highest BCUT2D eigenvalue weighted by Crippen LogP contribution is 2.15. The number of amides is 1. The number of hydrogen-bond acceptors (Lipinski definition) is 4. The maximum atomic E-state index is 12.1. The van der Waals surface area contributed by atoms with Crippen molar-refractivity contribution >= 4 is 11.7 Å². The minimum Gasteiger partial charge on any atom is -0.384 e. The van der Waals surface area contributed by atoms with Crippen LogP contribution in [0.3, 0.4) is 0 Å². The highest BCUT2D eigenvalue weighted by Gasteiger charge is 2.10. The van der Waals surface area contributed by atoms with Crippen LogP contribution in [0.25, 0.3) is 0 Å². The molecule has 0 aliphatic carbocycles. The number of aryl methyl sites for hydroxylation is 1. The van der Waals surface area contributed by atoms with Crippen LogP contribution in [0.5, 0.6) is 0 Å². The molecule has 0 aromatic carbocycles. The van der Waals surface area contributed by atoms with E-state index >= 15 is 0 Å². The van der Waals surface area contributed by atoms with E-state index in [4.69, 9.17) is 5.73 Å². The van der Waals surface area contributed by atoms with Crippen molar-refractivity contribution in [1.29, 1.82) is 0 Å². The summed E-state index contributed by atoms with van der Waals surface area (Å²) in [6.45, 7) is 5.42. The third kappa shape index (κ3) is 4.30. The summed E-state index contributed by atoms with van der Waals surface area (Å²) in [4.78, 5) is 16.3. The first-order chi connectivity index (χ1) is 10.1. The van der Waals surface area contributed by atoms with Crippen molar-refractivity contribution in [2.75, 3.05) is 12.3 Å². The quantitative estimate of drug-likeness (QED) is 0.793. The highest BCUT2D eigenvalue weighted by atomic mass is 16.1. The van der Waals surface area contributed by atoms with E-state index in [1.165, 1.54) is 0 Å². The van der Waals surface area contributed by atoms with Crippen LogP contribution in [0.15, 0.2) is 30.6 Å². The van der Waals surface area contributed by atoms with Crippen LogP contribution in [0.4, 0.5) is 5.82 Å². The van der Waals surface area contributed by atoms with Gasteiger partial charge in [0.05, 0.1) is 0 Å². The Hall–Kier alpha value is -2.37. The van der Waals surface area contributed by atoms with Gasteiger partial charge in [-0.05, 0) is 30.5 Å². The monoisotopic (exact) mass is 287 g/mol. The van der Waals surface area contributed by atoms with Crippen molar-refractivity contribution in [2.45, 2.75) is 32.7 Å². The highest BCUT2D eigenvalue weighted by molar-refractivity contribution is 5.94. The van der Waals surface area contributed by atoms with Crippen LogP contribution in [0.1, 0.15) is 42.2 Å². The topological polar surface area (TPSA) is 85.8 Å². The van der Waals surface area contributed by atoms with E-state index in [1.54, 1.807) is 18.3 Å². The first kappa shape index (κ1) is 15.0. The third-order valence-corrected chi connectivity index (χ3v) is 3.13. The lowest BCUT2D eigenvalue weighted by molar-refractivity contribution is 0.0952. The number of hydrogen-bond donors (Lipinski definition) is 2. The van der Waals surface area contributed by atoms with Crippen molar-refractivity contribution < 1.29 is 4.79 Å². The molecule has 3 N–H and O–H groups in total. The molecule has 0 unspecified atom stereocenters. The van der Waals surface area contributed by atoms with E-state index in [9.17, 15) is 4.79 Å². The number of carbonyl (C=O) groups is 1. The summed E-state index contributed by atoms with van der Waals surface area (Å²) < 4.78 is 1.84. The SMILES string of the molecule is CC(C)c1cc(C(=O)NCCCn2cccn2)cc(N)n1. The van der Waals surface area contributed by atoms with Gasteiger partial charge in [0, 0.05) is 36.7 Å². The number of nitrogens with two attached hydrogens (primary N) is 1. The zero-order chi connectivity index (χ0) is 15.2. The molecular formula is C15H21N5O. The van der Waals surface area contributed by atoms with Gasteiger partial charge in [0.25, 0.3) is 5.91 Å². The number of pyridine rings is 1. The Bertz CT molecular complexity index is 592. The lowest BCUT2D eigenvalue weighted by Gasteiger charge is -2.10. The average molecular weight is 287 g/mol. The molecule has 6 heteroatoms. The minimum atomic E-state index is -0.119. The average Bonchev–Trinajstić information content (AvgIpc) is 2.95. The zero-order valence-corrected chi connectivity index (χ0v) is 12.4. The van der Waals surface area contributed by atoms with Gasteiger partial charge in [-0.25, -0.2) is 4.98 Å². The van der Waals surface area contributed by atoms with Gasteiger partial charge < -0.3 is 11.1 Å². The van der Waals surface area contributed by atoms with Gasteiger partial charge in [-0.3, -0.25) is 9.48 Å². The molecule has 0 aliphatic heterocycles.